The topological polar surface area (TPSA) is 108 Å². The maximum absolute atomic E-state index is 11.9. The van der Waals surface area contributed by atoms with Gasteiger partial charge in [-0.2, -0.15) is 0 Å². The van der Waals surface area contributed by atoms with Crippen LogP contribution in [0.25, 0.3) is 0 Å². The van der Waals surface area contributed by atoms with E-state index in [0.29, 0.717) is 5.56 Å². The lowest BCUT2D eigenvalue weighted by Gasteiger charge is -2.08. The second-order valence-electron chi connectivity index (χ2n) is 4.84. The van der Waals surface area contributed by atoms with Crippen LogP contribution in [-0.2, 0) is 4.79 Å². The van der Waals surface area contributed by atoms with E-state index in [-0.39, 0.29) is 22.9 Å². The minimum Gasteiger partial charge on any atom is -0.427 e. The van der Waals surface area contributed by atoms with Crippen molar-refractivity contribution in [1.29, 1.82) is 0 Å². The van der Waals surface area contributed by atoms with Gasteiger partial charge in [0.15, 0.2) is 0 Å². The third kappa shape index (κ3) is 4.54. The van der Waals surface area contributed by atoms with Crippen LogP contribution in [0.2, 0.25) is 0 Å². The molecule has 0 radical (unpaired) electrons. The van der Waals surface area contributed by atoms with Crippen molar-refractivity contribution in [2.24, 2.45) is 0 Å². The number of nitro benzene ring substituents is 1. The number of hydrogen-bond donors (Lipinski definition) is 1. The molecule has 0 atom stereocenters. The first-order valence-corrected chi connectivity index (χ1v) is 6.87. The zero-order valence-corrected chi connectivity index (χ0v) is 12.9. The molecule has 8 nitrogen and oxygen atoms in total. The number of nitrogens with one attached hydrogen (secondary N) is 1. The number of carbonyl (C=O) groups is 2. The Balaban J connectivity index is 2.07. The van der Waals surface area contributed by atoms with Gasteiger partial charge < -0.3 is 9.47 Å². The highest BCUT2D eigenvalue weighted by Gasteiger charge is 2.13. The van der Waals surface area contributed by atoms with E-state index in [9.17, 15) is 19.7 Å². The number of nitrogens with zero attached hydrogens (tertiary/aromatic N) is 1. The molecule has 2 rings (SSSR count). The fourth-order valence-corrected chi connectivity index (χ4v) is 1.90. The molecule has 1 N–H and O–H groups in total. The van der Waals surface area contributed by atoms with Crippen LogP contribution in [0.1, 0.15) is 12.5 Å². The Kier molecular flexibility index (Phi) is 5.10. The number of benzene rings is 2. The summed E-state index contributed by atoms with van der Waals surface area (Å²) in [7, 11) is 0. The van der Waals surface area contributed by atoms with Crippen molar-refractivity contribution in [3.63, 3.8) is 0 Å². The Hall–Kier alpha value is -3.42. The largest absolute Gasteiger partial charge is 0.427 e. The summed E-state index contributed by atoms with van der Waals surface area (Å²) in [5.41, 5.74) is 0.603. The molecule has 0 spiro atoms. The second-order valence-corrected chi connectivity index (χ2v) is 4.84. The monoisotopic (exact) mass is 330 g/mol. The van der Waals surface area contributed by atoms with Crippen LogP contribution < -0.4 is 14.8 Å². The van der Waals surface area contributed by atoms with Crippen molar-refractivity contribution in [2.45, 2.75) is 13.8 Å². The van der Waals surface area contributed by atoms with Crippen molar-refractivity contribution in [2.75, 3.05) is 5.32 Å². The quantitative estimate of drug-likeness (QED) is 0.398. The molecular formula is C16H14N2O6. The summed E-state index contributed by atoms with van der Waals surface area (Å²) in [6.07, 6.45) is -0.826. The molecule has 2 aromatic carbocycles. The smallest absolute Gasteiger partial charge is 0.417 e. The first-order chi connectivity index (χ1) is 11.3. The molecule has 124 valence electrons. The summed E-state index contributed by atoms with van der Waals surface area (Å²) in [5, 5.41) is 13.3. The number of esters is 1. The average Bonchev–Trinajstić information content (AvgIpc) is 2.48. The fraction of sp³-hybridized carbons (Fsp3) is 0.125. The standard InChI is InChI=1S/C16H14N2O6/c1-10-6-7-12(8-15(10)18(21)22)17-16(20)24-14-5-3-4-13(9-14)23-11(2)19/h3-9H,1-2H3,(H,17,20). The van der Waals surface area contributed by atoms with E-state index < -0.39 is 17.0 Å². The van der Waals surface area contributed by atoms with Gasteiger partial charge in [0.05, 0.1) is 10.6 Å². The summed E-state index contributed by atoms with van der Waals surface area (Å²) in [6, 6.07) is 10.3. The molecule has 0 unspecified atom stereocenters. The number of anilines is 1. The van der Waals surface area contributed by atoms with Gasteiger partial charge in [-0.25, -0.2) is 4.79 Å². The molecule has 0 heterocycles. The Morgan fingerprint density at radius 2 is 1.75 bits per heavy atom. The number of rotatable bonds is 4. The molecule has 2 aromatic rings. The maximum Gasteiger partial charge on any atom is 0.417 e. The van der Waals surface area contributed by atoms with E-state index in [1.807, 2.05) is 0 Å². The summed E-state index contributed by atoms with van der Waals surface area (Å²) >= 11 is 0. The van der Waals surface area contributed by atoms with Crippen LogP contribution >= 0.6 is 0 Å². The van der Waals surface area contributed by atoms with Gasteiger partial charge in [0.25, 0.3) is 5.69 Å². The normalized spacial score (nSPS) is 9.92. The molecule has 24 heavy (non-hydrogen) atoms. The highest BCUT2D eigenvalue weighted by Crippen LogP contribution is 2.23. The van der Waals surface area contributed by atoms with E-state index in [1.54, 1.807) is 13.0 Å². The molecule has 0 saturated heterocycles. The van der Waals surface area contributed by atoms with Crippen molar-refractivity contribution in [1.82, 2.24) is 0 Å². The molecule has 0 aliphatic rings. The highest BCUT2D eigenvalue weighted by molar-refractivity contribution is 5.87. The lowest BCUT2D eigenvalue weighted by molar-refractivity contribution is -0.385. The minimum absolute atomic E-state index is 0.107. The van der Waals surface area contributed by atoms with Gasteiger partial charge in [0.1, 0.15) is 11.5 Å². The van der Waals surface area contributed by atoms with E-state index in [4.69, 9.17) is 9.47 Å². The fourth-order valence-electron chi connectivity index (χ4n) is 1.90. The predicted molar refractivity (Wildman–Crippen MR) is 85.2 cm³/mol. The number of hydrogen-bond acceptors (Lipinski definition) is 6. The van der Waals surface area contributed by atoms with Gasteiger partial charge in [-0.1, -0.05) is 12.1 Å². The molecule has 0 bridgehead atoms. The third-order valence-corrected chi connectivity index (χ3v) is 2.93. The third-order valence-electron chi connectivity index (χ3n) is 2.93. The number of ether oxygens (including phenoxy) is 2. The predicted octanol–water partition coefficient (Wildman–Crippen LogP) is 3.44. The Labute approximate surface area is 137 Å². The molecule has 0 fully saturated rings. The van der Waals surface area contributed by atoms with Crippen molar-refractivity contribution in [3.8, 4) is 11.5 Å². The van der Waals surface area contributed by atoms with E-state index in [1.165, 1.54) is 43.3 Å². The van der Waals surface area contributed by atoms with Crippen LogP contribution in [0, 0.1) is 17.0 Å². The van der Waals surface area contributed by atoms with Crippen LogP contribution in [0.4, 0.5) is 16.2 Å². The van der Waals surface area contributed by atoms with Gasteiger partial charge >= 0.3 is 12.1 Å². The van der Waals surface area contributed by atoms with E-state index in [0.717, 1.165) is 0 Å². The molecule has 0 aromatic heterocycles. The molecule has 1 amide bonds. The van der Waals surface area contributed by atoms with Gasteiger partial charge in [0, 0.05) is 24.6 Å². The number of aryl methyl sites for hydroxylation is 1. The summed E-state index contributed by atoms with van der Waals surface area (Å²) in [4.78, 5) is 33.1. The summed E-state index contributed by atoms with van der Waals surface area (Å²) in [5.74, 6) is -0.102. The van der Waals surface area contributed by atoms with Crippen LogP contribution in [0.15, 0.2) is 42.5 Å². The summed E-state index contributed by atoms with van der Waals surface area (Å²) in [6.45, 7) is 2.85. The summed E-state index contributed by atoms with van der Waals surface area (Å²) < 4.78 is 9.94. The highest BCUT2D eigenvalue weighted by atomic mass is 16.6. The zero-order valence-electron chi connectivity index (χ0n) is 12.9. The molecule has 0 saturated carbocycles. The zero-order chi connectivity index (χ0) is 17.7. The lowest BCUT2D eigenvalue weighted by atomic mass is 10.2. The molecule has 0 aliphatic heterocycles. The number of amides is 1. The van der Waals surface area contributed by atoms with E-state index >= 15 is 0 Å². The number of nitro groups is 1. The second kappa shape index (κ2) is 7.23. The molecule has 8 heteroatoms. The SMILES string of the molecule is CC(=O)Oc1cccc(OC(=O)Nc2ccc(C)c([N+](=O)[O-])c2)c1. The number of carbonyl (C=O) groups excluding carboxylic acids is 2. The first kappa shape index (κ1) is 16.9. The van der Waals surface area contributed by atoms with Crippen LogP contribution in [0.3, 0.4) is 0 Å². The molecule has 0 aliphatic carbocycles. The maximum atomic E-state index is 11.9. The van der Waals surface area contributed by atoms with E-state index in [2.05, 4.69) is 5.32 Å². The van der Waals surface area contributed by atoms with Gasteiger partial charge in [-0.05, 0) is 25.1 Å². The Bertz CT molecular complexity index is 803. The van der Waals surface area contributed by atoms with Crippen LogP contribution in [0.5, 0.6) is 11.5 Å². The van der Waals surface area contributed by atoms with Crippen molar-refractivity contribution < 1.29 is 24.0 Å². The van der Waals surface area contributed by atoms with Crippen molar-refractivity contribution >= 4 is 23.4 Å². The van der Waals surface area contributed by atoms with Crippen LogP contribution in [-0.4, -0.2) is 17.0 Å². The van der Waals surface area contributed by atoms with Crippen molar-refractivity contribution in [3.05, 3.63) is 58.1 Å². The van der Waals surface area contributed by atoms with Gasteiger partial charge in [0.2, 0.25) is 0 Å². The molecular weight excluding hydrogens is 316 g/mol. The average molecular weight is 330 g/mol. The Morgan fingerprint density at radius 1 is 1.08 bits per heavy atom. The Morgan fingerprint density at radius 3 is 2.38 bits per heavy atom. The van der Waals surface area contributed by atoms with Gasteiger partial charge in [-0.15, -0.1) is 0 Å². The van der Waals surface area contributed by atoms with Gasteiger partial charge in [-0.3, -0.25) is 20.2 Å². The first-order valence-electron chi connectivity index (χ1n) is 6.87. The lowest BCUT2D eigenvalue weighted by Crippen LogP contribution is -2.17. The minimum atomic E-state index is -0.826.